The topological polar surface area (TPSA) is 39.6 Å². The van der Waals surface area contributed by atoms with Crippen molar-refractivity contribution >= 4 is 11.1 Å². The van der Waals surface area contributed by atoms with E-state index in [-0.39, 0.29) is 5.76 Å². The van der Waals surface area contributed by atoms with Crippen LogP contribution < -0.4 is 10.7 Å². The summed E-state index contributed by atoms with van der Waals surface area (Å²) in [5, 5.41) is 0. The second-order valence-electron chi connectivity index (χ2n) is 6.09. The number of nitrogens with zero attached hydrogens (tertiary/aromatic N) is 1. The summed E-state index contributed by atoms with van der Waals surface area (Å²) < 4.78 is 7.14. The molecule has 1 aromatic heterocycles. The van der Waals surface area contributed by atoms with E-state index in [1.165, 1.54) is 43.4 Å². The van der Waals surface area contributed by atoms with Crippen LogP contribution in [-0.2, 0) is 6.67 Å². The van der Waals surface area contributed by atoms with Crippen molar-refractivity contribution in [3.63, 3.8) is 0 Å². The van der Waals surface area contributed by atoms with E-state index in [2.05, 4.69) is 13.8 Å². The number of benzene rings is 1. The van der Waals surface area contributed by atoms with Gasteiger partial charge in [0.25, 0.3) is 0 Å². The Kier molecular flexibility index (Phi) is 6.72. The van der Waals surface area contributed by atoms with Gasteiger partial charge in [0.2, 0.25) is 0 Å². The highest BCUT2D eigenvalue weighted by atomic mass is 16.4. The minimum atomic E-state index is -0.232. The molecule has 22 heavy (non-hydrogen) atoms. The van der Waals surface area contributed by atoms with Crippen LogP contribution in [0.5, 0.6) is 0 Å². The zero-order valence-corrected chi connectivity index (χ0v) is 13.9. The van der Waals surface area contributed by atoms with Gasteiger partial charge in [-0.15, -0.1) is 0 Å². The van der Waals surface area contributed by atoms with Gasteiger partial charge in [-0.25, -0.2) is 9.36 Å². The number of hydrogen-bond donors (Lipinski definition) is 1. The van der Waals surface area contributed by atoms with Gasteiger partial charge in [-0.3, -0.25) is 0 Å². The van der Waals surface area contributed by atoms with Gasteiger partial charge < -0.3 is 9.32 Å². The summed E-state index contributed by atoms with van der Waals surface area (Å²) in [5.41, 5.74) is 1.60. The van der Waals surface area contributed by atoms with Gasteiger partial charge in [-0.1, -0.05) is 38.8 Å². The molecule has 2 rings (SSSR count). The SMILES string of the molecule is CCCCC[NH+](CCCCC)Cn1c(=O)oc2ccccc21. The third-order valence-corrected chi connectivity index (χ3v) is 4.22. The summed E-state index contributed by atoms with van der Waals surface area (Å²) >= 11 is 0. The highest BCUT2D eigenvalue weighted by Crippen LogP contribution is 2.10. The molecule has 0 saturated heterocycles. The number of aromatic nitrogens is 1. The van der Waals surface area contributed by atoms with Crippen LogP contribution in [0.25, 0.3) is 11.1 Å². The second kappa shape index (κ2) is 8.79. The molecule has 4 nitrogen and oxygen atoms in total. The lowest BCUT2D eigenvalue weighted by molar-refractivity contribution is -0.923. The highest BCUT2D eigenvalue weighted by Gasteiger charge is 2.15. The molecule has 1 aromatic carbocycles. The number of unbranched alkanes of at least 4 members (excludes halogenated alkanes) is 4. The first-order valence-corrected chi connectivity index (χ1v) is 8.68. The minimum absolute atomic E-state index is 0.232. The van der Waals surface area contributed by atoms with Crippen molar-refractivity contribution in [2.45, 2.75) is 59.0 Å². The van der Waals surface area contributed by atoms with E-state index in [1.807, 2.05) is 24.3 Å². The molecule has 2 aromatic rings. The summed E-state index contributed by atoms with van der Waals surface area (Å²) in [4.78, 5) is 13.6. The fourth-order valence-corrected chi connectivity index (χ4v) is 2.92. The van der Waals surface area contributed by atoms with E-state index in [4.69, 9.17) is 4.42 Å². The molecule has 122 valence electrons. The number of rotatable bonds is 10. The number of oxazole rings is 1. The van der Waals surface area contributed by atoms with Gasteiger partial charge >= 0.3 is 5.76 Å². The first-order chi connectivity index (χ1) is 10.8. The molecule has 0 saturated carbocycles. The van der Waals surface area contributed by atoms with E-state index in [0.717, 1.165) is 18.6 Å². The van der Waals surface area contributed by atoms with Crippen molar-refractivity contribution in [2.75, 3.05) is 13.1 Å². The monoisotopic (exact) mass is 305 g/mol. The van der Waals surface area contributed by atoms with Crippen molar-refractivity contribution in [2.24, 2.45) is 0 Å². The quantitative estimate of drug-likeness (QED) is 0.686. The smallest absolute Gasteiger partial charge is 0.408 e. The number of hydrogen-bond acceptors (Lipinski definition) is 2. The predicted octanol–water partition coefficient (Wildman–Crippen LogP) is 2.82. The van der Waals surface area contributed by atoms with Gasteiger partial charge in [0.1, 0.15) is 0 Å². The van der Waals surface area contributed by atoms with Crippen LogP contribution in [0.2, 0.25) is 0 Å². The molecule has 1 N–H and O–H groups in total. The Morgan fingerprint density at radius 2 is 1.64 bits per heavy atom. The maximum Gasteiger partial charge on any atom is 0.424 e. The lowest BCUT2D eigenvalue weighted by Gasteiger charge is -2.19. The van der Waals surface area contributed by atoms with E-state index in [0.29, 0.717) is 12.3 Å². The molecule has 0 amide bonds. The van der Waals surface area contributed by atoms with Crippen LogP contribution in [0.3, 0.4) is 0 Å². The fraction of sp³-hybridized carbons (Fsp3) is 0.611. The molecule has 0 unspecified atom stereocenters. The Labute approximate surface area is 132 Å². The summed E-state index contributed by atoms with van der Waals surface area (Å²) in [6.07, 6.45) is 7.44. The first kappa shape index (κ1) is 16.8. The average Bonchev–Trinajstić information content (AvgIpc) is 2.83. The number of para-hydroxylation sites is 2. The summed E-state index contributed by atoms with van der Waals surface area (Å²) in [6.45, 7) is 7.42. The molecule has 0 aliphatic rings. The number of fused-ring (bicyclic) bond motifs is 1. The first-order valence-electron chi connectivity index (χ1n) is 8.68. The molecule has 0 fully saturated rings. The van der Waals surface area contributed by atoms with Crippen LogP contribution >= 0.6 is 0 Å². The van der Waals surface area contributed by atoms with E-state index in [1.54, 1.807) is 4.57 Å². The largest absolute Gasteiger partial charge is 0.424 e. The maximum atomic E-state index is 12.1. The third-order valence-electron chi connectivity index (χ3n) is 4.22. The molecule has 4 heteroatoms. The molecule has 0 radical (unpaired) electrons. The molecule has 0 spiro atoms. The van der Waals surface area contributed by atoms with Crippen molar-refractivity contribution in [3.05, 3.63) is 34.8 Å². The van der Waals surface area contributed by atoms with Crippen LogP contribution in [0, 0.1) is 0 Å². The Hall–Kier alpha value is -1.55. The standard InChI is InChI=1S/C18H28N2O2/c1-3-5-9-13-19(14-10-6-4-2)15-20-16-11-7-8-12-17(16)22-18(20)21/h7-8,11-12H,3-6,9-10,13-15H2,1-2H3/p+1. The fourth-order valence-electron chi connectivity index (χ4n) is 2.92. The minimum Gasteiger partial charge on any atom is -0.408 e. The van der Waals surface area contributed by atoms with Gasteiger partial charge in [-0.05, 0) is 37.8 Å². The van der Waals surface area contributed by atoms with E-state index < -0.39 is 0 Å². The van der Waals surface area contributed by atoms with Gasteiger partial charge in [-0.2, -0.15) is 0 Å². The van der Waals surface area contributed by atoms with Crippen LogP contribution in [0.15, 0.2) is 33.5 Å². The Morgan fingerprint density at radius 1 is 1.00 bits per heavy atom. The summed E-state index contributed by atoms with van der Waals surface area (Å²) in [6, 6.07) is 7.70. The van der Waals surface area contributed by atoms with Crippen molar-refractivity contribution in [1.29, 1.82) is 0 Å². The Balaban J connectivity index is 2.09. The van der Waals surface area contributed by atoms with Gasteiger partial charge in [0, 0.05) is 0 Å². The van der Waals surface area contributed by atoms with Gasteiger partial charge in [0.15, 0.2) is 12.3 Å². The van der Waals surface area contributed by atoms with E-state index >= 15 is 0 Å². The Bertz CT molecular complexity index is 605. The normalized spacial score (nSPS) is 11.6. The molecule has 0 aliphatic carbocycles. The summed E-state index contributed by atoms with van der Waals surface area (Å²) in [7, 11) is 0. The summed E-state index contributed by atoms with van der Waals surface area (Å²) in [5.74, 6) is -0.232. The molecule has 0 atom stereocenters. The molecular weight excluding hydrogens is 276 g/mol. The molecular formula is C18H29N2O2+. The lowest BCUT2D eigenvalue weighted by Crippen LogP contribution is -3.11. The third kappa shape index (κ3) is 4.47. The lowest BCUT2D eigenvalue weighted by atomic mass is 10.2. The second-order valence-corrected chi connectivity index (χ2v) is 6.09. The van der Waals surface area contributed by atoms with Crippen molar-refractivity contribution < 1.29 is 9.32 Å². The van der Waals surface area contributed by atoms with Crippen LogP contribution in [0.1, 0.15) is 52.4 Å². The highest BCUT2D eigenvalue weighted by molar-refractivity contribution is 5.72. The van der Waals surface area contributed by atoms with Gasteiger partial charge in [0.05, 0.1) is 18.6 Å². The van der Waals surface area contributed by atoms with Crippen molar-refractivity contribution in [1.82, 2.24) is 4.57 Å². The number of nitrogens with one attached hydrogen (secondary N) is 1. The number of quaternary nitrogens is 1. The average molecular weight is 305 g/mol. The van der Waals surface area contributed by atoms with Crippen LogP contribution in [-0.4, -0.2) is 17.7 Å². The van der Waals surface area contributed by atoms with E-state index in [9.17, 15) is 4.79 Å². The van der Waals surface area contributed by atoms with Crippen LogP contribution in [0.4, 0.5) is 0 Å². The van der Waals surface area contributed by atoms with Crippen molar-refractivity contribution in [3.8, 4) is 0 Å². The maximum absolute atomic E-state index is 12.1. The molecule has 1 heterocycles. The Morgan fingerprint density at radius 3 is 2.27 bits per heavy atom. The molecule has 0 bridgehead atoms. The zero-order chi connectivity index (χ0) is 15.8. The predicted molar refractivity (Wildman–Crippen MR) is 90.2 cm³/mol. The zero-order valence-electron chi connectivity index (χ0n) is 13.9. The molecule has 0 aliphatic heterocycles.